The second-order valence-electron chi connectivity index (χ2n) is 4.42. The Bertz CT molecular complexity index is 673. The van der Waals surface area contributed by atoms with Crippen LogP contribution < -0.4 is 11.1 Å². The van der Waals surface area contributed by atoms with E-state index in [4.69, 9.17) is 5.73 Å². The highest BCUT2D eigenvalue weighted by molar-refractivity contribution is 6.05. The molecule has 0 spiro atoms. The summed E-state index contributed by atoms with van der Waals surface area (Å²) in [5.41, 5.74) is 4.62. The molecule has 1 unspecified atom stereocenters. The Labute approximate surface area is 120 Å². The molecule has 1 atom stereocenters. The van der Waals surface area contributed by atoms with E-state index < -0.39 is 35.0 Å². The van der Waals surface area contributed by atoms with Crippen LogP contribution in [0.2, 0.25) is 0 Å². The van der Waals surface area contributed by atoms with Crippen LogP contribution in [-0.2, 0) is 5.79 Å². The Morgan fingerprint density at radius 1 is 1.55 bits per heavy atom. The van der Waals surface area contributed by atoms with Crippen molar-refractivity contribution in [3.63, 3.8) is 0 Å². The number of aliphatic imine (C=N–C) groups is 1. The monoisotopic (exact) mass is 319 g/mol. The number of hydrogen-bond acceptors (Lipinski definition) is 6. The summed E-state index contributed by atoms with van der Waals surface area (Å²) in [5, 5.41) is 12.9. The van der Waals surface area contributed by atoms with E-state index in [1.165, 1.54) is 0 Å². The van der Waals surface area contributed by atoms with Crippen LogP contribution in [-0.4, -0.2) is 21.9 Å². The zero-order valence-corrected chi connectivity index (χ0v) is 10.8. The lowest BCUT2D eigenvalue weighted by molar-refractivity contribution is -0.426. The van der Waals surface area contributed by atoms with Gasteiger partial charge in [0.1, 0.15) is 12.3 Å². The number of fused-ring (bicyclic) bond motifs is 1. The van der Waals surface area contributed by atoms with Gasteiger partial charge in [-0.25, -0.2) is 9.38 Å². The predicted molar refractivity (Wildman–Crippen MR) is 68.0 cm³/mol. The molecule has 1 aliphatic heterocycles. The first-order chi connectivity index (χ1) is 10.1. The lowest BCUT2D eigenvalue weighted by Crippen LogP contribution is -2.34. The molecule has 0 bridgehead atoms. The summed E-state index contributed by atoms with van der Waals surface area (Å²) in [6.45, 7) is 0. The van der Waals surface area contributed by atoms with E-state index in [0.29, 0.717) is 6.08 Å². The highest BCUT2D eigenvalue weighted by Crippen LogP contribution is 2.43. The maximum absolute atomic E-state index is 14.7. The number of alkyl halides is 4. The molecule has 0 aliphatic carbocycles. The van der Waals surface area contributed by atoms with Gasteiger partial charge in [-0.15, -0.1) is 0 Å². The van der Waals surface area contributed by atoms with Gasteiger partial charge in [-0.2, -0.15) is 13.2 Å². The normalized spacial score (nSPS) is 21.6. The van der Waals surface area contributed by atoms with E-state index in [2.05, 4.69) is 15.3 Å². The molecule has 0 aromatic carbocycles. The summed E-state index contributed by atoms with van der Waals surface area (Å²) < 4.78 is 52.6. The lowest BCUT2D eigenvalue weighted by atomic mass is 9.99. The summed E-state index contributed by atoms with van der Waals surface area (Å²) in [7, 11) is 0. The summed E-state index contributed by atoms with van der Waals surface area (Å²) in [5.74, 6) is -4.51. The first-order valence-electron chi connectivity index (χ1n) is 5.79. The molecular weight excluding hydrogens is 310 g/mol. The minimum absolute atomic E-state index is 0.0772. The maximum Gasteiger partial charge on any atom is 0.394 e. The van der Waals surface area contributed by atoms with Gasteiger partial charge >= 0.3 is 12.0 Å². The smallest absolute Gasteiger partial charge is 0.358 e. The van der Waals surface area contributed by atoms with Crippen LogP contribution in [0.5, 0.6) is 0 Å². The van der Waals surface area contributed by atoms with Crippen LogP contribution in [0.1, 0.15) is 12.0 Å². The van der Waals surface area contributed by atoms with Crippen molar-refractivity contribution in [1.82, 2.24) is 4.98 Å². The van der Waals surface area contributed by atoms with Gasteiger partial charge in [0.25, 0.3) is 0 Å². The Balaban J connectivity index is 2.51. The number of hydrogen-bond donors (Lipinski definition) is 2. The van der Waals surface area contributed by atoms with Gasteiger partial charge in [0.2, 0.25) is 5.79 Å². The zero-order chi connectivity index (χ0) is 16.5. The highest BCUT2D eigenvalue weighted by atomic mass is 19.4. The first kappa shape index (κ1) is 15.7. The van der Waals surface area contributed by atoms with Crippen LogP contribution in [0.25, 0.3) is 0 Å². The van der Waals surface area contributed by atoms with Crippen molar-refractivity contribution in [3.8, 4) is 0 Å². The molecule has 3 N–H and O–H groups in total. The van der Waals surface area contributed by atoms with Crippen LogP contribution >= 0.6 is 0 Å². The number of nitrogens with two attached hydrogens (primary N) is 1. The highest BCUT2D eigenvalue weighted by Gasteiger charge is 2.47. The maximum atomic E-state index is 14.7. The summed E-state index contributed by atoms with van der Waals surface area (Å²) >= 11 is 0. The molecule has 0 fully saturated rings. The first-order valence-corrected chi connectivity index (χ1v) is 5.79. The van der Waals surface area contributed by atoms with Gasteiger partial charge in [0.15, 0.2) is 0 Å². The molecule has 0 radical (unpaired) electrons. The summed E-state index contributed by atoms with van der Waals surface area (Å²) in [6.07, 6.45) is -3.87. The largest absolute Gasteiger partial charge is 0.394 e. The number of halogens is 4. The van der Waals surface area contributed by atoms with Crippen molar-refractivity contribution < 1.29 is 22.5 Å². The molecule has 1 aliphatic rings. The number of anilines is 1. The van der Waals surface area contributed by atoms with Gasteiger partial charge in [-0.05, 0) is 11.0 Å². The molecule has 11 heteroatoms. The fraction of sp³-hybridized carbons (Fsp3) is 0.273. The molecular formula is C11H9F4N5O2. The molecule has 7 nitrogen and oxygen atoms in total. The minimum Gasteiger partial charge on any atom is -0.358 e. The van der Waals surface area contributed by atoms with Gasteiger partial charge < -0.3 is 15.4 Å². The standard InChI is InChI=1S/C11H9F4N5O2/c12-10(5-11(13,14)15)6-1-2-17-4-7(6)18-9(19-10)3-8(16)20(21)22/h1-4H,5,16H2,(H,18,19). The number of nitrogens with zero attached hydrogens (tertiary/aromatic N) is 3. The van der Waals surface area contributed by atoms with Crippen molar-refractivity contribution >= 4 is 11.5 Å². The van der Waals surface area contributed by atoms with Crippen molar-refractivity contribution in [2.45, 2.75) is 18.4 Å². The number of rotatable bonds is 3. The molecule has 0 amide bonds. The fourth-order valence-corrected chi connectivity index (χ4v) is 1.91. The average molecular weight is 319 g/mol. The Morgan fingerprint density at radius 2 is 2.23 bits per heavy atom. The SMILES string of the molecule is NC(=CC1=NC(F)(CC(F)(F)F)c2ccncc2N1)[N+](=O)[O-]. The average Bonchev–Trinajstić information content (AvgIpc) is 2.36. The molecule has 2 heterocycles. The van der Waals surface area contributed by atoms with Gasteiger partial charge in [-0.1, -0.05) is 0 Å². The van der Waals surface area contributed by atoms with Crippen molar-refractivity contribution in [1.29, 1.82) is 0 Å². The molecule has 0 saturated carbocycles. The number of nitro groups is 1. The third-order valence-electron chi connectivity index (χ3n) is 2.72. The van der Waals surface area contributed by atoms with Gasteiger partial charge in [0, 0.05) is 11.8 Å². The van der Waals surface area contributed by atoms with Crippen molar-refractivity contribution in [2.24, 2.45) is 10.7 Å². The Morgan fingerprint density at radius 3 is 2.82 bits per heavy atom. The third-order valence-corrected chi connectivity index (χ3v) is 2.72. The van der Waals surface area contributed by atoms with E-state index in [-0.39, 0.29) is 11.3 Å². The molecule has 2 rings (SSSR count). The number of amidine groups is 1. The minimum atomic E-state index is -4.83. The van der Waals surface area contributed by atoms with Gasteiger partial charge in [0.05, 0.1) is 18.0 Å². The van der Waals surface area contributed by atoms with Crippen LogP contribution in [0.4, 0.5) is 23.2 Å². The van der Waals surface area contributed by atoms with E-state index >= 15 is 0 Å². The van der Waals surface area contributed by atoms with E-state index in [9.17, 15) is 27.7 Å². The molecule has 1 aromatic rings. The fourth-order valence-electron chi connectivity index (χ4n) is 1.91. The van der Waals surface area contributed by atoms with Crippen molar-refractivity contribution in [3.05, 3.63) is 46.0 Å². The van der Waals surface area contributed by atoms with E-state index in [1.807, 2.05) is 0 Å². The topological polar surface area (TPSA) is 106 Å². The Kier molecular flexibility index (Phi) is 3.73. The quantitative estimate of drug-likeness (QED) is 0.384. The van der Waals surface area contributed by atoms with Crippen LogP contribution in [0.3, 0.4) is 0 Å². The number of nitrogens with one attached hydrogen (secondary N) is 1. The van der Waals surface area contributed by atoms with Gasteiger partial charge in [-0.3, -0.25) is 10.7 Å². The molecule has 1 aromatic heterocycles. The summed E-state index contributed by atoms with van der Waals surface area (Å²) in [6, 6.07) is 1.05. The molecule has 0 saturated heterocycles. The molecule has 118 valence electrons. The van der Waals surface area contributed by atoms with Crippen LogP contribution in [0.15, 0.2) is 35.3 Å². The van der Waals surface area contributed by atoms with Crippen molar-refractivity contribution in [2.75, 3.05) is 5.32 Å². The summed E-state index contributed by atoms with van der Waals surface area (Å²) in [4.78, 5) is 16.4. The lowest BCUT2D eigenvalue weighted by Gasteiger charge is -2.29. The third kappa shape index (κ3) is 3.30. The second kappa shape index (κ2) is 5.24. The second-order valence-corrected chi connectivity index (χ2v) is 4.42. The number of pyridine rings is 1. The molecule has 22 heavy (non-hydrogen) atoms. The zero-order valence-electron chi connectivity index (χ0n) is 10.8. The Hall–Kier alpha value is -2.72. The van der Waals surface area contributed by atoms with E-state index in [0.717, 1.165) is 18.5 Å². The van der Waals surface area contributed by atoms with Crippen LogP contribution in [0, 0.1) is 10.1 Å². The number of aromatic nitrogens is 1. The predicted octanol–water partition coefficient (Wildman–Crippen LogP) is 2.06. The van der Waals surface area contributed by atoms with E-state index in [1.54, 1.807) is 0 Å².